The fourth-order valence-corrected chi connectivity index (χ4v) is 2.64. The van der Waals surface area contributed by atoms with Gasteiger partial charge in [-0.25, -0.2) is 4.39 Å². The van der Waals surface area contributed by atoms with Gasteiger partial charge in [0.1, 0.15) is 18.2 Å². The number of nitrogens with one attached hydrogen (secondary N) is 1. The summed E-state index contributed by atoms with van der Waals surface area (Å²) in [5, 5.41) is 2.91. The Morgan fingerprint density at radius 1 is 1.08 bits per heavy atom. The molecule has 0 bridgehead atoms. The highest BCUT2D eigenvalue weighted by Crippen LogP contribution is 2.24. The molecule has 0 heterocycles. The topological polar surface area (TPSA) is 41.6 Å². The van der Waals surface area contributed by atoms with Crippen LogP contribution in [0.3, 0.4) is 0 Å². The molecule has 0 aliphatic heterocycles. The highest BCUT2D eigenvalue weighted by atomic mass is 19.1. The highest BCUT2D eigenvalue weighted by Gasteiger charge is 2.09. The van der Waals surface area contributed by atoms with Crippen molar-refractivity contribution >= 4 is 11.6 Å². The van der Waals surface area contributed by atoms with Crippen LogP contribution < -0.4 is 10.1 Å². The lowest BCUT2D eigenvalue weighted by atomic mass is 10.1. The Balaban J connectivity index is 1.86. The smallest absolute Gasteiger partial charge is 0.224 e. The molecule has 0 atom stereocenters. The second-order valence-corrected chi connectivity index (χ2v) is 6.05. The average molecular weight is 358 g/mol. The molecule has 0 aliphatic carbocycles. The highest BCUT2D eigenvalue weighted by molar-refractivity contribution is 5.92. The molecule has 0 unspecified atom stereocenters. The van der Waals surface area contributed by atoms with E-state index in [0.717, 1.165) is 25.2 Å². The molecule has 2 aromatic carbocycles. The van der Waals surface area contributed by atoms with Crippen LogP contribution in [0.1, 0.15) is 25.8 Å². The van der Waals surface area contributed by atoms with E-state index in [-0.39, 0.29) is 11.7 Å². The molecular weight excluding hydrogens is 331 g/mol. The minimum Gasteiger partial charge on any atom is -0.490 e. The molecule has 140 valence electrons. The van der Waals surface area contributed by atoms with E-state index in [1.807, 2.05) is 24.3 Å². The standard InChI is InChI=1S/C21H27FN2O2/c1-3-24(4-2)15-16-26-20-8-6-5-7-19(20)23-21(25)14-11-17-9-12-18(22)13-10-17/h5-10,12-13H,3-4,11,14-16H2,1-2H3,(H,23,25). The van der Waals surface area contributed by atoms with Gasteiger partial charge in [-0.15, -0.1) is 0 Å². The van der Waals surface area contributed by atoms with Crippen LogP contribution in [0.25, 0.3) is 0 Å². The molecule has 0 aromatic heterocycles. The molecule has 2 aromatic rings. The van der Waals surface area contributed by atoms with Gasteiger partial charge in [0.05, 0.1) is 5.69 Å². The van der Waals surface area contributed by atoms with Crippen LogP contribution in [-0.4, -0.2) is 37.0 Å². The van der Waals surface area contributed by atoms with Crippen LogP contribution in [0.15, 0.2) is 48.5 Å². The van der Waals surface area contributed by atoms with Gasteiger partial charge in [0, 0.05) is 13.0 Å². The number of halogens is 1. The Morgan fingerprint density at radius 3 is 2.46 bits per heavy atom. The van der Waals surface area contributed by atoms with Crippen molar-refractivity contribution in [3.05, 3.63) is 59.9 Å². The number of ether oxygens (including phenoxy) is 1. The van der Waals surface area contributed by atoms with E-state index in [1.165, 1.54) is 12.1 Å². The zero-order valence-corrected chi connectivity index (χ0v) is 15.5. The Hall–Kier alpha value is -2.40. The summed E-state index contributed by atoms with van der Waals surface area (Å²) >= 11 is 0. The molecule has 0 aliphatic rings. The zero-order valence-electron chi connectivity index (χ0n) is 15.5. The number of carbonyl (C=O) groups excluding carboxylic acids is 1. The summed E-state index contributed by atoms with van der Waals surface area (Å²) in [6.45, 7) is 7.64. The molecule has 1 N–H and O–H groups in total. The third kappa shape index (κ3) is 6.48. The molecule has 0 radical (unpaired) electrons. The first-order valence-electron chi connectivity index (χ1n) is 9.10. The SMILES string of the molecule is CCN(CC)CCOc1ccccc1NC(=O)CCc1ccc(F)cc1. The first-order chi connectivity index (χ1) is 12.6. The number of likely N-dealkylation sites (N-methyl/N-ethyl adjacent to an activating group) is 1. The summed E-state index contributed by atoms with van der Waals surface area (Å²) in [6.07, 6.45) is 0.899. The minimum atomic E-state index is -0.269. The molecule has 2 rings (SSSR count). The molecule has 0 saturated heterocycles. The maximum Gasteiger partial charge on any atom is 0.224 e. The number of nitrogens with zero attached hydrogens (tertiary/aromatic N) is 1. The summed E-state index contributed by atoms with van der Waals surface area (Å²) in [5.41, 5.74) is 1.61. The van der Waals surface area contributed by atoms with Crippen molar-refractivity contribution in [1.82, 2.24) is 4.90 Å². The molecule has 5 heteroatoms. The molecule has 26 heavy (non-hydrogen) atoms. The number of anilines is 1. The van der Waals surface area contributed by atoms with Gasteiger partial charge in [-0.1, -0.05) is 38.1 Å². The minimum absolute atomic E-state index is 0.0888. The van der Waals surface area contributed by atoms with E-state index >= 15 is 0 Å². The maximum absolute atomic E-state index is 12.9. The summed E-state index contributed by atoms with van der Waals surface area (Å²) in [5.74, 6) is 0.317. The normalized spacial score (nSPS) is 10.8. The van der Waals surface area contributed by atoms with E-state index < -0.39 is 0 Å². The van der Waals surface area contributed by atoms with E-state index in [1.54, 1.807) is 12.1 Å². The Bertz CT molecular complexity index is 685. The number of carbonyl (C=O) groups is 1. The van der Waals surface area contributed by atoms with Crippen molar-refractivity contribution in [2.24, 2.45) is 0 Å². The van der Waals surface area contributed by atoms with Gasteiger partial charge in [-0.3, -0.25) is 4.79 Å². The summed E-state index contributed by atoms with van der Waals surface area (Å²) in [4.78, 5) is 14.5. The number of hydrogen-bond acceptors (Lipinski definition) is 3. The summed E-state index contributed by atoms with van der Waals surface area (Å²) < 4.78 is 18.8. The van der Waals surface area contributed by atoms with Crippen molar-refractivity contribution in [2.75, 3.05) is 31.6 Å². The third-order valence-electron chi connectivity index (χ3n) is 4.27. The number of rotatable bonds is 10. The second kappa shape index (κ2) is 10.6. The van der Waals surface area contributed by atoms with Gasteiger partial charge in [0.25, 0.3) is 0 Å². The number of aryl methyl sites for hydroxylation is 1. The number of hydrogen-bond donors (Lipinski definition) is 1. The largest absolute Gasteiger partial charge is 0.490 e. The first-order valence-corrected chi connectivity index (χ1v) is 9.10. The average Bonchev–Trinajstić information content (AvgIpc) is 2.66. The molecule has 0 saturated carbocycles. The lowest BCUT2D eigenvalue weighted by Gasteiger charge is -2.19. The molecule has 0 spiro atoms. The van der Waals surface area contributed by atoms with Crippen LogP contribution in [0.5, 0.6) is 5.75 Å². The van der Waals surface area contributed by atoms with E-state index in [2.05, 4.69) is 24.1 Å². The van der Waals surface area contributed by atoms with Crippen LogP contribution in [0.2, 0.25) is 0 Å². The predicted molar refractivity (Wildman–Crippen MR) is 103 cm³/mol. The van der Waals surface area contributed by atoms with Gasteiger partial charge >= 0.3 is 0 Å². The van der Waals surface area contributed by atoms with Crippen LogP contribution >= 0.6 is 0 Å². The number of amides is 1. The van der Waals surface area contributed by atoms with E-state index in [0.29, 0.717) is 30.9 Å². The molecule has 1 amide bonds. The third-order valence-corrected chi connectivity index (χ3v) is 4.27. The van der Waals surface area contributed by atoms with Gasteiger partial charge < -0.3 is 15.0 Å². The van der Waals surface area contributed by atoms with Crippen molar-refractivity contribution in [1.29, 1.82) is 0 Å². The monoisotopic (exact) mass is 358 g/mol. The van der Waals surface area contributed by atoms with Crippen LogP contribution in [-0.2, 0) is 11.2 Å². The Labute approximate surface area is 155 Å². The first kappa shape index (κ1) is 19.9. The van der Waals surface area contributed by atoms with Gasteiger partial charge in [0.15, 0.2) is 0 Å². The van der Waals surface area contributed by atoms with Crippen LogP contribution in [0, 0.1) is 5.82 Å². The Morgan fingerprint density at radius 2 is 1.77 bits per heavy atom. The van der Waals surface area contributed by atoms with Gasteiger partial charge in [-0.2, -0.15) is 0 Å². The fourth-order valence-electron chi connectivity index (χ4n) is 2.64. The lowest BCUT2D eigenvalue weighted by Crippen LogP contribution is -2.28. The van der Waals surface area contributed by atoms with E-state index in [9.17, 15) is 9.18 Å². The van der Waals surface area contributed by atoms with Gasteiger partial charge in [-0.05, 0) is 49.3 Å². The van der Waals surface area contributed by atoms with Crippen molar-refractivity contribution in [3.8, 4) is 5.75 Å². The van der Waals surface area contributed by atoms with E-state index in [4.69, 9.17) is 4.74 Å². The van der Waals surface area contributed by atoms with Crippen molar-refractivity contribution < 1.29 is 13.9 Å². The zero-order chi connectivity index (χ0) is 18.8. The maximum atomic E-state index is 12.9. The summed E-state index contributed by atoms with van der Waals surface area (Å²) in [7, 11) is 0. The quantitative estimate of drug-likeness (QED) is 0.695. The molecular formula is C21H27FN2O2. The number of para-hydroxylation sites is 2. The predicted octanol–water partition coefficient (Wildman–Crippen LogP) is 4.12. The fraction of sp³-hybridized carbons (Fsp3) is 0.381. The second-order valence-electron chi connectivity index (χ2n) is 6.05. The lowest BCUT2D eigenvalue weighted by molar-refractivity contribution is -0.116. The number of benzene rings is 2. The molecule has 4 nitrogen and oxygen atoms in total. The Kier molecular flexibility index (Phi) is 8.09. The van der Waals surface area contributed by atoms with Crippen molar-refractivity contribution in [3.63, 3.8) is 0 Å². The van der Waals surface area contributed by atoms with Gasteiger partial charge in [0.2, 0.25) is 5.91 Å². The van der Waals surface area contributed by atoms with Crippen molar-refractivity contribution in [2.45, 2.75) is 26.7 Å². The van der Waals surface area contributed by atoms with Crippen LogP contribution in [0.4, 0.5) is 10.1 Å². The summed E-state index contributed by atoms with van der Waals surface area (Å²) in [6, 6.07) is 13.7. The molecule has 0 fully saturated rings.